The summed E-state index contributed by atoms with van der Waals surface area (Å²) >= 11 is 0. The molecule has 100 valence electrons. The number of ether oxygens (including phenoxy) is 1. The second-order valence-corrected chi connectivity index (χ2v) is 4.69. The van der Waals surface area contributed by atoms with Crippen molar-refractivity contribution in [1.29, 1.82) is 0 Å². The van der Waals surface area contributed by atoms with Gasteiger partial charge in [-0.15, -0.1) is 0 Å². The Morgan fingerprint density at radius 3 is 2.58 bits per heavy atom. The predicted molar refractivity (Wildman–Crippen MR) is 74.5 cm³/mol. The lowest BCUT2D eigenvalue weighted by molar-refractivity contribution is 0.303. The standard InChI is InChI=1S/C16H18FNO/c1-11-5-3-4-6-13(11)10-19-14-7-8-15(12(2)18)16(17)9-14/h3-9,12H,10,18H2,1-2H3/t12-/m1/s1. The molecule has 0 radical (unpaired) electrons. The van der Waals surface area contributed by atoms with Gasteiger partial charge in [0, 0.05) is 17.7 Å². The van der Waals surface area contributed by atoms with Gasteiger partial charge in [0.25, 0.3) is 0 Å². The van der Waals surface area contributed by atoms with Gasteiger partial charge in [0.1, 0.15) is 18.2 Å². The molecule has 0 unspecified atom stereocenters. The van der Waals surface area contributed by atoms with Crippen molar-refractivity contribution in [3.63, 3.8) is 0 Å². The van der Waals surface area contributed by atoms with Crippen LogP contribution in [0.25, 0.3) is 0 Å². The molecule has 19 heavy (non-hydrogen) atoms. The van der Waals surface area contributed by atoms with Crippen LogP contribution in [-0.2, 0) is 6.61 Å². The first-order valence-corrected chi connectivity index (χ1v) is 6.30. The van der Waals surface area contributed by atoms with Crippen molar-refractivity contribution in [1.82, 2.24) is 0 Å². The van der Waals surface area contributed by atoms with E-state index in [-0.39, 0.29) is 11.9 Å². The minimum atomic E-state index is -0.322. The molecule has 2 N–H and O–H groups in total. The van der Waals surface area contributed by atoms with Gasteiger partial charge in [-0.3, -0.25) is 0 Å². The van der Waals surface area contributed by atoms with Gasteiger partial charge in [0.2, 0.25) is 0 Å². The number of hydrogen-bond acceptors (Lipinski definition) is 2. The van der Waals surface area contributed by atoms with Crippen LogP contribution in [0.2, 0.25) is 0 Å². The smallest absolute Gasteiger partial charge is 0.131 e. The van der Waals surface area contributed by atoms with Crippen molar-refractivity contribution in [2.45, 2.75) is 26.5 Å². The quantitative estimate of drug-likeness (QED) is 0.908. The van der Waals surface area contributed by atoms with E-state index in [1.54, 1.807) is 19.1 Å². The summed E-state index contributed by atoms with van der Waals surface area (Å²) in [6.07, 6.45) is 0. The Balaban J connectivity index is 2.08. The fourth-order valence-electron chi connectivity index (χ4n) is 1.90. The second kappa shape index (κ2) is 5.85. The fraction of sp³-hybridized carbons (Fsp3) is 0.250. The molecule has 0 aliphatic heterocycles. The zero-order chi connectivity index (χ0) is 13.8. The Morgan fingerprint density at radius 2 is 1.95 bits per heavy atom. The third-order valence-electron chi connectivity index (χ3n) is 3.12. The summed E-state index contributed by atoms with van der Waals surface area (Å²) in [4.78, 5) is 0. The average molecular weight is 259 g/mol. The first-order chi connectivity index (χ1) is 9.08. The van der Waals surface area contributed by atoms with Crippen molar-refractivity contribution in [2.24, 2.45) is 5.73 Å². The van der Waals surface area contributed by atoms with Gasteiger partial charge < -0.3 is 10.5 Å². The lowest BCUT2D eigenvalue weighted by Gasteiger charge is -2.11. The molecule has 0 bridgehead atoms. The van der Waals surface area contributed by atoms with Crippen LogP contribution in [0.15, 0.2) is 42.5 Å². The minimum absolute atomic E-state index is 0.314. The maximum Gasteiger partial charge on any atom is 0.131 e. The third-order valence-corrected chi connectivity index (χ3v) is 3.12. The molecule has 1 atom stereocenters. The number of hydrogen-bond donors (Lipinski definition) is 1. The van der Waals surface area contributed by atoms with Gasteiger partial charge in [-0.2, -0.15) is 0 Å². The molecule has 0 aromatic heterocycles. The summed E-state index contributed by atoms with van der Waals surface area (Å²) in [5.41, 5.74) is 8.43. The van der Waals surface area contributed by atoms with E-state index in [4.69, 9.17) is 10.5 Å². The van der Waals surface area contributed by atoms with E-state index in [2.05, 4.69) is 0 Å². The van der Waals surface area contributed by atoms with Crippen LogP contribution in [0.4, 0.5) is 4.39 Å². The SMILES string of the molecule is Cc1ccccc1COc1ccc([C@@H](C)N)c(F)c1. The normalized spacial score (nSPS) is 12.2. The lowest BCUT2D eigenvalue weighted by atomic mass is 10.1. The Morgan fingerprint density at radius 1 is 1.21 bits per heavy atom. The number of halogens is 1. The Hall–Kier alpha value is -1.87. The molecule has 0 saturated heterocycles. The van der Waals surface area contributed by atoms with Crippen molar-refractivity contribution >= 4 is 0 Å². The van der Waals surface area contributed by atoms with E-state index in [1.807, 2.05) is 31.2 Å². The number of benzene rings is 2. The highest BCUT2D eigenvalue weighted by Crippen LogP contribution is 2.21. The van der Waals surface area contributed by atoms with Crippen molar-refractivity contribution in [2.75, 3.05) is 0 Å². The van der Waals surface area contributed by atoms with Crippen LogP contribution in [0.1, 0.15) is 29.7 Å². The zero-order valence-electron chi connectivity index (χ0n) is 11.2. The molecule has 2 aromatic rings. The zero-order valence-corrected chi connectivity index (χ0v) is 11.2. The molecule has 2 rings (SSSR count). The first kappa shape index (κ1) is 13.6. The summed E-state index contributed by atoms with van der Waals surface area (Å²) in [5, 5.41) is 0. The molecule has 0 saturated carbocycles. The van der Waals surface area contributed by atoms with Crippen LogP contribution in [-0.4, -0.2) is 0 Å². The molecule has 2 aromatic carbocycles. The molecular formula is C16H18FNO. The van der Waals surface area contributed by atoms with Crippen molar-refractivity contribution in [3.8, 4) is 5.75 Å². The van der Waals surface area contributed by atoms with Crippen LogP contribution >= 0.6 is 0 Å². The molecule has 0 fully saturated rings. The monoisotopic (exact) mass is 259 g/mol. The van der Waals surface area contributed by atoms with Crippen LogP contribution < -0.4 is 10.5 Å². The molecule has 0 amide bonds. The highest BCUT2D eigenvalue weighted by molar-refractivity contribution is 5.31. The molecule has 0 spiro atoms. The summed E-state index contributed by atoms with van der Waals surface area (Å²) in [5.74, 6) is 0.197. The van der Waals surface area contributed by atoms with E-state index < -0.39 is 0 Å². The lowest BCUT2D eigenvalue weighted by Crippen LogP contribution is -2.07. The van der Waals surface area contributed by atoms with Gasteiger partial charge in [0.05, 0.1) is 0 Å². The molecule has 0 aliphatic carbocycles. The van der Waals surface area contributed by atoms with E-state index in [0.717, 1.165) is 11.1 Å². The summed E-state index contributed by atoms with van der Waals surface area (Å²) in [7, 11) is 0. The molecule has 3 heteroatoms. The summed E-state index contributed by atoms with van der Waals surface area (Å²) in [6.45, 7) is 4.22. The Bertz CT molecular complexity index is 566. The van der Waals surface area contributed by atoms with Crippen LogP contribution in [0.5, 0.6) is 5.75 Å². The Labute approximate surface area is 113 Å². The van der Waals surface area contributed by atoms with E-state index in [9.17, 15) is 4.39 Å². The molecular weight excluding hydrogens is 241 g/mol. The number of aryl methyl sites for hydroxylation is 1. The highest BCUT2D eigenvalue weighted by atomic mass is 19.1. The predicted octanol–water partition coefficient (Wildman–Crippen LogP) is 3.73. The fourth-order valence-corrected chi connectivity index (χ4v) is 1.90. The van der Waals surface area contributed by atoms with Crippen LogP contribution in [0, 0.1) is 12.7 Å². The maximum absolute atomic E-state index is 13.7. The van der Waals surface area contributed by atoms with Crippen LogP contribution in [0.3, 0.4) is 0 Å². The largest absolute Gasteiger partial charge is 0.489 e. The summed E-state index contributed by atoms with van der Waals surface area (Å²) in [6, 6.07) is 12.5. The van der Waals surface area contributed by atoms with Gasteiger partial charge in [-0.25, -0.2) is 4.39 Å². The second-order valence-electron chi connectivity index (χ2n) is 4.69. The van der Waals surface area contributed by atoms with Crippen molar-refractivity contribution in [3.05, 3.63) is 65.0 Å². The average Bonchev–Trinajstić information content (AvgIpc) is 2.37. The number of nitrogens with two attached hydrogens (primary N) is 1. The molecule has 0 aliphatic rings. The number of rotatable bonds is 4. The highest BCUT2D eigenvalue weighted by Gasteiger charge is 2.08. The molecule has 2 nitrogen and oxygen atoms in total. The van der Waals surface area contributed by atoms with E-state index >= 15 is 0 Å². The van der Waals surface area contributed by atoms with Gasteiger partial charge in [-0.1, -0.05) is 30.3 Å². The third kappa shape index (κ3) is 3.32. The first-order valence-electron chi connectivity index (χ1n) is 6.30. The molecule has 0 heterocycles. The van der Waals surface area contributed by atoms with E-state index in [0.29, 0.717) is 17.9 Å². The van der Waals surface area contributed by atoms with Gasteiger partial charge in [0.15, 0.2) is 0 Å². The minimum Gasteiger partial charge on any atom is -0.489 e. The summed E-state index contributed by atoms with van der Waals surface area (Å²) < 4.78 is 19.4. The topological polar surface area (TPSA) is 35.2 Å². The van der Waals surface area contributed by atoms with Crippen molar-refractivity contribution < 1.29 is 9.13 Å². The van der Waals surface area contributed by atoms with Gasteiger partial charge >= 0.3 is 0 Å². The Kier molecular flexibility index (Phi) is 4.17. The van der Waals surface area contributed by atoms with Gasteiger partial charge in [-0.05, 0) is 31.0 Å². The maximum atomic E-state index is 13.7. The van der Waals surface area contributed by atoms with E-state index in [1.165, 1.54) is 6.07 Å².